The van der Waals surface area contributed by atoms with Crippen LogP contribution in [-0.4, -0.2) is 31.7 Å². The van der Waals surface area contributed by atoms with Crippen molar-refractivity contribution in [2.24, 2.45) is 5.92 Å². The summed E-state index contributed by atoms with van der Waals surface area (Å²) < 4.78 is 35.4. The van der Waals surface area contributed by atoms with E-state index in [0.29, 0.717) is 11.5 Å². The smallest absolute Gasteiger partial charge is 0.244 e. The number of nitrogens with zero attached hydrogens (tertiary/aromatic N) is 2. The highest BCUT2D eigenvalue weighted by Crippen LogP contribution is 2.27. The molecule has 9 nitrogen and oxygen atoms in total. The predicted molar refractivity (Wildman–Crippen MR) is 109 cm³/mol. The van der Waals surface area contributed by atoms with Gasteiger partial charge in [0.05, 0.1) is 29.2 Å². The van der Waals surface area contributed by atoms with Crippen LogP contribution in [0.5, 0.6) is 5.75 Å². The zero-order chi connectivity index (χ0) is 22.6. The highest BCUT2D eigenvalue weighted by atomic mass is 32.2. The Kier molecular flexibility index (Phi) is 6.39. The third-order valence-corrected chi connectivity index (χ3v) is 6.43. The lowest BCUT2D eigenvalue weighted by Crippen LogP contribution is -2.27. The maximum absolute atomic E-state index is 12.8. The molecule has 1 aromatic heterocycles. The lowest BCUT2D eigenvalue weighted by molar-refractivity contribution is -0.121. The van der Waals surface area contributed by atoms with Gasteiger partial charge in [-0.3, -0.25) is 4.79 Å². The van der Waals surface area contributed by atoms with E-state index in [2.05, 4.69) is 10.5 Å². The first-order valence-electron chi connectivity index (χ1n) is 9.07. The summed E-state index contributed by atoms with van der Waals surface area (Å²) in [6, 6.07) is 13.2. The standard InChI is InChI=1S/C21H19N3O6S/c1-13-19(12-23-30-13)20(25)18(11-22)21(26)24-14-3-7-16(8-4-14)31(27,28)17-9-5-15(29-2)6-10-17/h3-10,12,18,20,25H,1-2H3,(H,24,26). The molecular formula is C21H19N3O6S. The van der Waals surface area contributed by atoms with Gasteiger partial charge in [0, 0.05) is 11.3 Å². The average molecular weight is 441 g/mol. The molecular weight excluding hydrogens is 422 g/mol. The van der Waals surface area contributed by atoms with Gasteiger partial charge in [-0.1, -0.05) is 5.16 Å². The number of methoxy groups -OCH3 is 1. The molecule has 0 radical (unpaired) electrons. The largest absolute Gasteiger partial charge is 0.497 e. The minimum atomic E-state index is -3.76. The minimum Gasteiger partial charge on any atom is -0.497 e. The number of nitriles is 1. The lowest BCUT2D eigenvalue weighted by Gasteiger charge is -2.15. The first-order valence-corrected chi connectivity index (χ1v) is 10.5. The fraction of sp³-hybridized carbons (Fsp3) is 0.190. The number of nitrogens with one attached hydrogen (secondary N) is 1. The lowest BCUT2D eigenvalue weighted by atomic mass is 9.97. The van der Waals surface area contributed by atoms with Gasteiger partial charge in [-0.25, -0.2) is 8.42 Å². The number of benzene rings is 2. The Morgan fingerprint density at radius 1 is 1.16 bits per heavy atom. The first kappa shape index (κ1) is 22.0. The third kappa shape index (κ3) is 4.58. The zero-order valence-corrected chi connectivity index (χ0v) is 17.5. The third-order valence-electron chi connectivity index (χ3n) is 4.65. The van der Waals surface area contributed by atoms with Crippen LogP contribution in [0.3, 0.4) is 0 Å². The Labute approximate surface area is 178 Å². The number of anilines is 1. The molecule has 0 saturated heterocycles. The van der Waals surface area contributed by atoms with Crippen molar-refractivity contribution in [1.29, 1.82) is 5.26 Å². The zero-order valence-electron chi connectivity index (χ0n) is 16.6. The van der Waals surface area contributed by atoms with Crippen molar-refractivity contribution in [2.75, 3.05) is 12.4 Å². The number of carbonyl (C=O) groups is 1. The van der Waals surface area contributed by atoms with Crippen LogP contribution in [0.1, 0.15) is 17.4 Å². The first-order chi connectivity index (χ1) is 14.8. The summed E-state index contributed by atoms with van der Waals surface area (Å²) in [4.78, 5) is 12.6. The summed E-state index contributed by atoms with van der Waals surface area (Å²) in [5, 5.41) is 25.7. The highest BCUT2D eigenvalue weighted by Gasteiger charge is 2.31. The minimum absolute atomic E-state index is 0.0348. The molecule has 31 heavy (non-hydrogen) atoms. The van der Waals surface area contributed by atoms with Crippen molar-refractivity contribution >= 4 is 21.4 Å². The van der Waals surface area contributed by atoms with Gasteiger partial charge in [0.15, 0.2) is 5.92 Å². The molecule has 10 heteroatoms. The van der Waals surface area contributed by atoms with Crippen LogP contribution < -0.4 is 10.1 Å². The Morgan fingerprint density at radius 2 is 1.74 bits per heavy atom. The van der Waals surface area contributed by atoms with Crippen molar-refractivity contribution in [3.05, 3.63) is 66.1 Å². The predicted octanol–water partition coefficient (Wildman–Crippen LogP) is 2.64. The molecule has 2 atom stereocenters. The van der Waals surface area contributed by atoms with Crippen molar-refractivity contribution in [1.82, 2.24) is 5.16 Å². The van der Waals surface area contributed by atoms with E-state index in [1.54, 1.807) is 25.1 Å². The molecule has 3 aromatic rings. The molecule has 160 valence electrons. The monoisotopic (exact) mass is 441 g/mol. The summed E-state index contributed by atoms with van der Waals surface area (Å²) >= 11 is 0. The van der Waals surface area contributed by atoms with Crippen LogP contribution in [-0.2, 0) is 14.6 Å². The molecule has 2 unspecified atom stereocenters. The number of carbonyl (C=O) groups excluding carboxylic acids is 1. The summed E-state index contributed by atoms with van der Waals surface area (Å²) in [5.74, 6) is -1.33. The number of sulfone groups is 1. The molecule has 2 aromatic carbocycles. The number of aryl methyl sites for hydroxylation is 1. The van der Waals surface area contributed by atoms with E-state index in [9.17, 15) is 23.6 Å². The van der Waals surface area contributed by atoms with Gasteiger partial charge in [-0.05, 0) is 55.5 Å². The SMILES string of the molecule is COc1ccc(S(=O)(=O)c2ccc(NC(=O)C(C#N)C(O)c3cnoc3C)cc2)cc1. The highest BCUT2D eigenvalue weighted by molar-refractivity contribution is 7.91. The van der Waals surface area contributed by atoms with E-state index in [0.717, 1.165) is 0 Å². The van der Waals surface area contributed by atoms with Gasteiger partial charge in [-0.15, -0.1) is 0 Å². The Bertz CT molecular complexity index is 1210. The molecule has 0 bridgehead atoms. The fourth-order valence-electron chi connectivity index (χ4n) is 2.87. The number of aromatic nitrogens is 1. The maximum Gasteiger partial charge on any atom is 0.244 e. The summed E-state index contributed by atoms with van der Waals surface area (Å²) in [5.41, 5.74) is 0.510. The van der Waals surface area contributed by atoms with E-state index in [1.807, 2.05) is 0 Å². The maximum atomic E-state index is 12.8. The Morgan fingerprint density at radius 3 is 2.23 bits per heavy atom. The molecule has 2 N–H and O–H groups in total. The number of rotatable bonds is 7. The van der Waals surface area contributed by atoms with Gasteiger partial charge in [0.25, 0.3) is 0 Å². The van der Waals surface area contributed by atoms with E-state index in [4.69, 9.17) is 9.26 Å². The van der Waals surface area contributed by atoms with Crippen LogP contribution in [0.2, 0.25) is 0 Å². The van der Waals surface area contributed by atoms with Crippen LogP contribution >= 0.6 is 0 Å². The molecule has 0 fully saturated rings. The van der Waals surface area contributed by atoms with Crippen LogP contribution in [0.15, 0.2) is 69.0 Å². The van der Waals surface area contributed by atoms with Gasteiger partial charge in [-0.2, -0.15) is 5.26 Å². The topological polar surface area (TPSA) is 143 Å². The molecule has 0 aliphatic carbocycles. The number of aliphatic hydroxyl groups is 1. The number of hydrogen-bond donors (Lipinski definition) is 2. The molecule has 0 spiro atoms. The molecule has 0 aliphatic rings. The van der Waals surface area contributed by atoms with E-state index < -0.39 is 27.8 Å². The van der Waals surface area contributed by atoms with Crippen molar-refractivity contribution < 1.29 is 27.6 Å². The summed E-state index contributed by atoms with van der Waals surface area (Å²) in [6.45, 7) is 1.56. The van der Waals surface area contributed by atoms with Gasteiger partial charge < -0.3 is 19.7 Å². The molecule has 0 aliphatic heterocycles. The van der Waals surface area contributed by atoms with E-state index >= 15 is 0 Å². The second-order valence-corrected chi connectivity index (χ2v) is 8.53. The second kappa shape index (κ2) is 8.99. The van der Waals surface area contributed by atoms with E-state index in [-0.39, 0.29) is 21.0 Å². The van der Waals surface area contributed by atoms with Gasteiger partial charge in [0.1, 0.15) is 17.6 Å². The van der Waals surface area contributed by atoms with E-state index in [1.165, 1.54) is 49.7 Å². The molecule has 1 amide bonds. The fourth-order valence-corrected chi connectivity index (χ4v) is 4.13. The Balaban J connectivity index is 1.75. The average Bonchev–Trinajstić information content (AvgIpc) is 3.20. The number of aliphatic hydroxyl groups excluding tert-OH is 1. The number of amides is 1. The van der Waals surface area contributed by atoms with Crippen LogP contribution in [0.25, 0.3) is 0 Å². The quantitative estimate of drug-likeness (QED) is 0.570. The summed E-state index contributed by atoms with van der Waals surface area (Å²) in [7, 11) is -2.27. The molecule has 1 heterocycles. The van der Waals surface area contributed by atoms with Gasteiger partial charge >= 0.3 is 0 Å². The van der Waals surface area contributed by atoms with Crippen molar-refractivity contribution in [2.45, 2.75) is 22.8 Å². The van der Waals surface area contributed by atoms with Crippen LogP contribution in [0.4, 0.5) is 5.69 Å². The van der Waals surface area contributed by atoms with Gasteiger partial charge in [0.2, 0.25) is 15.7 Å². The molecule has 3 rings (SSSR count). The van der Waals surface area contributed by atoms with Crippen LogP contribution in [0, 0.1) is 24.2 Å². The normalized spacial score (nSPS) is 13.1. The molecule has 0 saturated carbocycles. The number of ether oxygens (including phenoxy) is 1. The second-order valence-electron chi connectivity index (χ2n) is 6.58. The van der Waals surface area contributed by atoms with Crippen molar-refractivity contribution in [3.63, 3.8) is 0 Å². The summed E-state index contributed by atoms with van der Waals surface area (Å²) in [6.07, 6.45) is -0.179. The number of hydrogen-bond acceptors (Lipinski definition) is 8. The van der Waals surface area contributed by atoms with Crippen molar-refractivity contribution in [3.8, 4) is 11.8 Å². The Hall–Kier alpha value is -3.68.